The molecule has 154 valence electrons. The van der Waals surface area contributed by atoms with Crippen molar-refractivity contribution in [2.45, 2.75) is 38.5 Å². The van der Waals surface area contributed by atoms with E-state index in [4.69, 9.17) is 21.4 Å². The highest BCUT2D eigenvalue weighted by Gasteiger charge is 2.47. The van der Waals surface area contributed by atoms with E-state index in [2.05, 4.69) is 0 Å². The number of carboxylic acid groups (broad SMARTS) is 1. The van der Waals surface area contributed by atoms with Crippen molar-refractivity contribution in [3.8, 4) is 5.75 Å². The third-order valence-corrected chi connectivity index (χ3v) is 6.74. The van der Waals surface area contributed by atoms with Gasteiger partial charge in [0.05, 0.1) is 17.2 Å². The molecule has 0 bridgehead atoms. The topological polar surface area (TPSA) is 70.1 Å². The SMILES string of the molecule is CN(C)C(=O)c1ccc(OCCCC2CCC23CCN(C(=O)O)CC3)cc1Cl. The lowest BCUT2D eigenvalue weighted by Gasteiger charge is -2.54. The summed E-state index contributed by atoms with van der Waals surface area (Å²) in [6, 6.07) is 5.19. The largest absolute Gasteiger partial charge is 0.494 e. The minimum Gasteiger partial charge on any atom is -0.494 e. The summed E-state index contributed by atoms with van der Waals surface area (Å²) in [7, 11) is 3.39. The number of piperidine rings is 1. The minimum absolute atomic E-state index is 0.124. The first-order valence-electron chi connectivity index (χ1n) is 9.94. The first-order chi connectivity index (χ1) is 13.3. The van der Waals surface area contributed by atoms with E-state index in [1.165, 1.54) is 22.6 Å². The minimum atomic E-state index is -0.795. The molecule has 1 spiro atoms. The third-order valence-electron chi connectivity index (χ3n) is 6.43. The van der Waals surface area contributed by atoms with Gasteiger partial charge < -0.3 is 19.6 Å². The number of hydrogen-bond acceptors (Lipinski definition) is 3. The molecule has 1 N–H and O–H groups in total. The number of ether oxygens (including phenoxy) is 1. The second-order valence-corrected chi connectivity index (χ2v) is 8.61. The van der Waals surface area contributed by atoms with Crippen LogP contribution in [0.5, 0.6) is 5.75 Å². The zero-order valence-electron chi connectivity index (χ0n) is 16.6. The summed E-state index contributed by atoms with van der Waals surface area (Å²) >= 11 is 6.22. The van der Waals surface area contributed by atoms with Gasteiger partial charge in [-0.3, -0.25) is 4.79 Å². The van der Waals surface area contributed by atoms with Crippen molar-refractivity contribution in [1.29, 1.82) is 0 Å². The summed E-state index contributed by atoms with van der Waals surface area (Å²) in [5.41, 5.74) is 0.826. The maximum atomic E-state index is 12.0. The molecule has 1 saturated carbocycles. The van der Waals surface area contributed by atoms with E-state index in [1.54, 1.807) is 32.3 Å². The van der Waals surface area contributed by atoms with E-state index in [9.17, 15) is 9.59 Å². The zero-order chi connectivity index (χ0) is 20.3. The summed E-state index contributed by atoms with van der Waals surface area (Å²) in [6.07, 6.45) is 5.71. The van der Waals surface area contributed by atoms with Crippen molar-refractivity contribution in [2.75, 3.05) is 33.8 Å². The van der Waals surface area contributed by atoms with E-state index in [0.29, 0.717) is 47.4 Å². The fourth-order valence-electron chi connectivity index (χ4n) is 4.53. The van der Waals surface area contributed by atoms with Gasteiger partial charge in [0.1, 0.15) is 5.75 Å². The Labute approximate surface area is 171 Å². The Bertz CT molecular complexity index is 729. The van der Waals surface area contributed by atoms with Gasteiger partial charge in [0, 0.05) is 27.2 Å². The fourth-order valence-corrected chi connectivity index (χ4v) is 4.78. The van der Waals surface area contributed by atoms with Gasteiger partial charge in [0.25, 0.3) is 5.91 Å². The molecule has 0 radical (unpaired) electrons. The van der Waals surface area contributed by atoms with Crippen molar-refractivity contribution < 1.29 is 19.4 Å². The van der Waals surface area contributed by atoms with Crippen LogP contribution in [0.3, 0.4) is 0 Å². The molecule has 1 aliphatic heterocycles. The predicted molar refractivity (Wildman–Crippen MR) is 108 cm³/mol. The van der Waals surface area contributed by atoms with Gasteiger partial charge in [0.15, 0.2) is 0 Å². The van der Waals surface area contributed by atoms with Gasteiger partial charge in [-0.05, 0) is 68.1 Å². The highest BCUT2D eigenvalue weighted by Crippen LogP contribution is 2.55. The Kier molecular flexibility index (Phi) is 6.38. The number of hydrogen-bond donors (Lipinski definition) is 1. The van der Waals surface area contributed by atoms with Gasteiger partial charge in [-0.2, -0.15) is 0 Å². The van der Waals surface area contributed by atoms with Crippen LogP contribution in [0, 0.1) is 11.3 Å². The highest BCUT2D eigenvalue weighted by molar-refractivity contribution is 6.34. The number of carbonyl (C=O) groups excluding carboxylic acids is 1. The number of nitrogens with zero attached hydrogens (tertiary/aromatic N) is 2. The zero-order valence-corrected chi connectivity index (χ0v) is 17.4. The molecule has 2 amide bonds. The Balaban J connectivity index is 1.43. The molecular weight excluding hydrogens is 380 g/mol. The standard InChI is InChI=1S/C21H29ClN2O4/c1-23(2)19(25)17-6-5-16(14-18(17)22)28-13-3-4-15-7-8-21(15)9-11-24(12-10-21)20(26)27/h5-6,14-15H,3-4,7-13H2,1-2H3,(H,26,27). The van der Waals surface area contributed by atoms with Crippen LogP contribution >= 0.6 is 11.6 Å². The number of carbonyl (C=O) groups is 2. The van der Waals surface area contributed by atoms with Gasteiger partial charge in [-0.1, -0.05) is 11.6 Å². The lowest BCUT2D eigenvalue weighted by molar-refractivity contribution is -0.0354. The average molecular weight is 409 g/mol. The Hall–Kier alpha value is -1.95. The maximum absolute atomic E-state index is 12.0. The second-order valence-electron chi connectivity index (χ2n) is 8.20. The first kappa shape index (κ1) is 20.8. The van der Waals surface area contributed by atoms with Gasteiger partial charge in [-0.25, -0.2) is 4.79 Å². The van der Waals surface area contributed by atoms with E-state index < -0.39 is 6.09 Å². The summed E-state index contributed by atoms with van der Waals surface area (Å²) in [4.78, 5) is 26.2. The number of rotatable bonds is 6. The third kappa shape index (κ3) is 4.37. The molecule has 1 aliphatic carbocycles. The Morgan fingerprint density at radius 2 is 2.00 bits per heavy atom. The summed E-state index contributed by atoms with van der Waals surface area (Å²) in [5, 5.41) is 9.52. The fraction of sp³-hybridized carbons (Fsp3) is 0.619. The molecule has 2 aliphatic rings. The van der Waals surface area contributed by atoms with Crippen molar-refractivity contribution in [3.05, 3.63) is 28.8 Å². The molecule has 1 unspecified atom stereocenters. The molecule has 1 saturated heterocycles. The van der Waals surface area contributed by atoms with E-state index >= 15 is 0 Å². The smallest absolute Gasteiger partial charge is 0.407 e. The van der Waals surface area contributed by atoms with Crippen LogP contribution in [-0.2, 0) is 0 Å². The molecule has 28 heavy (non-hydrogen) atoms. The number of amides is 2. The maximum Gasteiger partial charge on any atom is 0.407 e. The van der Waals surface area contributed by atoms with E-state index in [-0.39, 0.29) is 5.91 Å². The number of likely N-dealkylation sites (tertiary alicyclic amines) is 1. The van der Waals surface area contributed by atoms with Gasteiger partial charge in [-0.15, -0.1) is 0 Å². The van der Waals surface area contributed by atoms with E-state index in [1.807, 2.05) is 0 Å². The lowest BCUT2D eigenvalue weighted by atomic mass is 9.54. The van der Waals surface area contributed by atoms with Crippen molar-refractivity contribution in [3.63, 3.8) is 0 Å². The predicted octanol–water partition coefficient (Wildman–Crippen LogP) is 4.37. The summed E-state index contributed by atoms with van der Waals surface area (Å²) in [6.45, 7) is 1.95. The molecule has 2 fully saturated rings. The normalized spacial score (nSPS) is 20.5. The van der Waals surface area contributed by atoms with Crippen LogP contribution in [-0.4, -0.2) is 60.7 Å². The Morgan fingerprint density at radius 1 is 1.29 bits per heavy atom. The molecule has 1 aromatic carbocycles. The van der Waals surface area contributed by atoms with Gasteiger partial charge in [0.2, 0.25) is 0 Å². The summed E-state index contributed by atoms with van der Waals surface area (Å²) < 4.78 is 5.83. The van der Waals surface area contributed by atoms with Crippen LogP contribution in [0.2, 0.25) is 5.02 Å². The quantitative estimate of drug-likeness (QED) is 0.709. The number of halogens is 1. The Morgan fingerprint density at radius 3 is 2.54 bits per heavy atom. The second kappa shape index (κ2) is 8.60. The highest BCUT2D eigenvalue weighted by atomic mass is 35.5. The number of benzene rings is 1. The molecule has 1 aromatic rings. The van der Waals surface area contributed by atoms with Crippen LogP contribution in [0.25, 0.3) is 0 Å². The van der Waals surface area contributed by atoms with Crippen LogP contribution in [0.4, 0.5) is 4.79 Å². The van der Waals surface area contributed by atoms with Crippen LogP contribution < -0.4 is 4.74 Å². The van der Waals surface area contributed by atoms with Gasteiger partial charge >= 0.3 is 6.09 Å². The van der Waals surface area contributed by atoms with Crippen molar-refractivity contribution in [1.82, 2.24) is 9.80 Å². The van der Waals surface area contributed by atoms with Crippen molar-refractivity contribution in [2.24, 2.45) is 11.3 Å². The average Bonchev–Trinajstić information content (AvgIpc) is 2.66. The van der Waals surface area contributed by atoms with E-state index in [0.717, 1.165) is 25.7 Å². The molecule has 0 aromatic heterocycles. The molecule has 3 rings (SSSR count). The molecule has 6 nitrogen and oxygen atoms in total. The van der Waals surface area contributed by atoms with Crippen LogP contribution in [0.15, 0.2) is 18.2 Å². The first-order valence-corrected chi connectivity index (χ1v) is 10.3. The monoisotopic (exact) mass is 408 g/mol. The molecule has 1 atom stereocenters. The van der Waals surface area contributed by atoms with Crippen LogP contribution in [0.1, 0.15) is 48.9 Å². The molecule has 1 heterocycles. The molecular formula is C21H29ClN2O4. The summed E-state index contributed by atoms with van der Waals surface area (Å²) in [5.74, 6) is 1.23. The molecule has 7 heteroatoms. The lowest BCUT2D eigenvalue weighted by Crippen LogP contribution is -2.50. The van der Waals surface area contributed by atoms with Crippen molar-refractivity contribution >= 4 is 23.6 Å².